The van der Waals surface area contributed by atoms with Gasteiger partial charge in [0.15, 0.2) is 5.69 Å². The van der Waals surface area contributed by atoms with Crippen molar-refractivity contribution in [2.75, 3.05) is 7.11 Å². The molecule has 0 aliphatic carbocycles. The van der Waals surface area contributed by atoms with Crippen molar-refractivity contribution in [3.05, 3.63) is 76.6 Å². The second-order valence-electron chi connectivity index (χ2n) is 5.91. The van der Waals surface area contributed by atoms with Crippen LogP contribution in [0.1, 0.15) is 5.56 Å². The summed E-state index contributed by atoms with van der Waals surface area (Å²) in [6.07, 6.45) is 1.58. The lowest BCUT2D eigenvalue weighted by atomic mass is 10.1. The lowest BCUT2D eigenvalue weighted by Gasteiger charge is -2.07. The van der Waals surface area contributed by atoms with Gasteiger partial charge in [0.05, 0.1) is 12.8 Å². The van der Waals surface area contributed by atoms with Crippen LogP contribution in [0, 0.1) is 6.92 Å². The summed E-state index contributed by atoms with van der Waals surface area (Å²) in [6, 6.07) is 16.5. The van der Waals surface area contributed by atoms with Crippen molar-refractivity contribution in [3.8, 4) is 34.4 Å². The van der Waals surface area contributed by atoms with Crippen molar-refractivity contribution >= 4 is 0 Å². The molecule has 0 N–H and O–H groups in total. The monoisotopic (exact) mass is 360 g/mol. The fourth-order valence-electron chi connectivity index (χ4n) is 2.71. The first-order valence-corrected chi connectivity index (χ1v) is 8.30. The number of aromatic nitrogens is 4. The topological polar surface area (TPSA) is 83.0 Å². The number of nitrogens with zero attached hydrogens (tertiary/aromatic N) is 4. The zero-order valence-electron chi connectivity index (χ0n) is 14.8. The van der Waals surface area contributed by atoms with Crippen LogP contribution in [0.4, 0.5) is 0 Å². The summed E-state index contributed by atoms with van der Waals surface area (Å²) >= 11 is 0. The third-order valence-corrected chi connectivity index (χ3v) is 4.14. The molecular weight excluding hydrogens is 344 g/mol. The Hall–Kier alpha value is -3.74. The molecule has 0 fully saturated rings. The number of ether oxygens (including phenoxy) is 1. The average molecular weight is 360 g/mol. The van der Waals surface area contributed by atoms with Gasteiger partial charge in [-0.1, -0.05) is 35.5 Å². The maximum Gasteiger partial charge on any atom is 0.282 e. The van der Waals surface area contributed by atoms with Crippen molar-refractivity contribution in [2.45, 2.75) is 6.92 Å². The van der Waals surface area contributed by atoms with E-state index in [2.05, 4.69) is 15.2 Å². The van der Waals surface area contributed by atoms with Crippen molar-refractivity contribution < 1.29 is 9.26 Å². The third kappa shape index (κ3) is 3.22. The van der Waals surface area contributed by atoms with Gasteiger partial charge in [0, 0.05) is 23.9 Å². The average Bonchev–Trinajstić information content (AvgIpc) is 3.18. The van der Waals surface area contributed by atoms with Crippen molar-refractivity contribution in [2.24, 2.45) is 0 Å². The van der Waals surface area contributed by atoms with E-state index in [9.17, 15) is 4.79 Å². The Morgan fingerprint density at radius 3 is 2.74 bits per heavy atom. The lowest BCUT2D eigenvalue weighted by molar-refractivity contribution is 0.414. The Balaban J connectivity index is 1.77. The van der Waals surface area contributed by atoms with Crippen LogP contribution in [0.15, 0.2) is 70.1 Å². The number of aryl methyl sites for hydroxylation is 1. The van der Waals surface area contributed by atoms with E-state index in [1.165, 1.54) is 6.07 Å². The predicted molar refractivity (Wildman–Crippen MR) is 99.9 cm³/mol. The standard InChI is InChI=1S/C20H16N4O3/c1-13-6-3-4-9-16(13)19-21-20(27-23-19)18-17(25)10-11-24(22-18)14-7-5-8-15(12-14)26-2/h3-12H,1-2H3. The molecule has 27 heavy (non-hydrogen) atoms. The molecule has 0 atom stereocenters. The zero-order chi connectivity index (χ0) is 18.8. The van der Waals surface area contributed by atoms with Gasteiger partial charge in [-0.25, -0.2) is 4.68 Å². The van der Waals surface area contributed by atoms with Gasteiger partial charge in [0.2, 0.25) is 11.3 Å². The molecule has 2 heterocycles. The molecule has 7 heteroatoms. The fraction of sp³-hybridized carbons (Fsp3) is 0.100. The number of hydrogen-bond acceptors (Lipinski definition) is 6. The van der Waals surface area contributed by atoms with Gasteiger partial charge in [-0.2, -0.15) is 10.1 Å². The van der Waals surface area contributed by atoms with E-state index in [1.54, 1.807) is 18.0 Å². The van der Waals surface area contributed by atoms with Crippen LogP contribution in [-0.4, -0.2) is 27.0 Å². The normalized spacial score (nSPS) is 10.7. The van der Waals surface area contributed by atoms with E-state index >= 15 is 0 Å². The van der Waals surface area contributed by atoms with Gasteiger partial charge in [-0.15, -0.1) is 0 Å². The highest BCUT2D eigenvalue weighted by Crippen LogP contribution is 2.22. The van der Waals surface area contributed by atoms with Gasteiger partial charge in [-0.3, -0.25) is 4.79 Å². The second-order valence-corrected chi connectivity index (χ2v) is 5.91. The minimum Gasteiger partial charge on any atom is -0.497 e. The molecule has 4 aromatic rings. The molecule has 0 aliphatic heterocycles. The Kier molecular flexibility index (Phi) is 4.25. The van der Waals surface area contributed by atoms with Crippen LogP contribution in [-0.2, 0) is 0 Å². The Morgan fingerprint density at radius 2 is 1.93 bits per heavy atom. The summed E-state index contributed by atoms with van der Waals surface area (Å²) < 4.78 is 12.1. The van der Waals surface area contributed by atoms with Gasteiger partial charge >= 0.3 is 0 Å². The van der Waals surface area contributed by atoms with Crippen LogP contribution >= 0.6 is 0 Å². The van der Waals surface area contributed by atoms with E-state index in [0.29, 0.717) is 11.6 Å². The van der Waals surface area contributed by atoms with Crippen LogP contribution in [0.2, 0.25) is 0 Å². The first-order chi connectivity index (χ1) is 13.2. The minimum atomic E-state index is -0.297. The van der Waals surface area contributed by atoms with Crippen LogP contribution < -0.4 is 10.2 Å². The quantitative estimate of drug-likeness (QED) is 0.555. The predicted octanol–water partition coefficient (Wildman–Crippen LogP) is 3.27. The molecule has 0 unspecified atom stereocenters. The highest BCUT2D eigenvalue weighted by Gasteiger charge is 2.17. The van der Waals surface area contributed by atoms with Crippen molar-refractivity contribution in [1.29, 1.82) is 0 Å². The molecule has 0 aliphatic rings. The molecule has 134 valence electrons. The molecule has 0 spiro atoms. The second kappa shape index (κ2) is 6.87. The summed E-state index contributed by atoms with van der Waals surface area (Å²) in [4.78, 5) is 16.7. The van der Waals surface area contributed by atoms with E-state index in [1.807, 2.05) is 55.5 Å². The molecule has 0 saturated carbocycles. The zero-order valence-corrected chi connectivity index (χ0v) is 14.8. The first-order valence-electron chi connectivity index (χ1n) is 8.30. The van der Waals surface area contributed by atoms with E-state index in [4.69, 9.17) is 9.26 Å². The maximum absolute atomic E-state index is 12.3. The molecular formula is C20H16N4O3. The largest absolute Gasteiger partial charge is 0.497 e. The van der Waals surface area contributed by atoms with E-state index < -0.39 is 0 Å². The molecule has 0 bridgehead atoms. The smallest absolute Gasteiger partial charge is 0.282 e. The third-order valence-electron chi connectivity index (χ3n) is 4.14. The van der Waals surface area contributed by atoms with Crippen LogP contribution in [0.25, 0.3) is 28.7 Å². The number of benzene rings is 2. The van der Waals surface area contributed by atoms with Crippen LogP contribution in [0.3, 0.4) is 0 Å². The highest BCUT2D eigenvalue weighted by molar-refractivity contribution is 5.61. The van der Waals surface area contributed by atoms with Gasteiger partial charge in [0.1, 0.15) is 5.75 Å². The van der Waals surface area contributed by atoms with Crippen LogP contribution in [0.5, 0.6) is 5.75 Å². The Labute approximate surface area is 154 Å². The molecule has 4 rings (SSSR count). The molecule has 7 nitrogen and oxygen atoms in total. The minimum absolute atomic E-state index is 0.0792. The molecule has 0 radical (unpaired) electrons. The SMILES string of the molecule is COc1cccc(-n2ccc(=O)c(-c3nc(-c4ccccc4C)no3)n2)c1. The first kappa shape index (κ1) is 16.7. The number of hydrogen-bond donors (Lipinski definition) is 0. The molecule has 0 saturated heterocycles. The highest BCUT2D eigenvalue weighted by atomic mass is 16.5. The van der Waals surface area contributed by atoms with E-state index in [0.717, 1.165) is 16.8 Å². The summed E-state index contributed by atoms with van der Waals surface area (Å²) in [5, 5.41) is 8.37. The summed E-state index contributed by atoms with van der Waals surface area (Å²) in [6.45, 7) is 1.96. The summed E-state index contributed by atoms with van der Waals surface area (Å²) in [7, 11) is 1.59. The van der Waals surface area contributed by atoms with Gasteiger partial charge in [0.25, 0.3) is 5.89 Å². The van der Waals surface area contributed by atoms with Gasteiger partial charge in [-0.05, 0) is 24.6 Å². The number of methoxy groups -OCH3 is 1. The van der Waals surface area contributed by atoms with Gasteiger partial charge < -0.3 is 9.26 Å². The maximum atomic E-state index is 12.3. The Morgan fingerprint density at radius 1 is 1.07 bits per heavy atom. The summed E-state index contributed by atoms with van der Waals surface area (Å²) in [5.41, 5.74) is 2.40. The van der Waals surface area contributed by atoms with Crippen molar-refractivity contribution in [1.82, 2.24) is 19.9 Å². The Bertz CT molecular complexity index is 1160. The lowest BCUT2D eigenvalue weighted by Crippen LogP contribution is -2.12. The van der Waals surface area contributed by atoms with Crippen molar-refractivity contribution in [3.63, 3.8) is 0 Å². The fourth-order valence-corrected chi connectivity index (χ4v) is 2.71. The summed E-state index contributed by atoms with van der Waals surface area (Å²) in [5.74, 6) is 1.19. The molecule has 2 aromatic carbocycles. The molecule has 2 aromatic heterocycles. The molecule has 0 amide bonds. The number of rotatable bonds is 4. The van der Waals surface area contributed by atoms with E-state index in [-0.39, 0.29) is 17.0 Å².